The van der Waals surface area contributed by atoms with Crippen molar-refractivity contribution in [3.05, 3.63) is 70.6 Å². The van der Waals surface area contributed by atoms with Crippen LogP contribution in [0.25, 0.3) is 10.9 Å². The number of aromatic nitrogens is 1. The molecule has 0 saturated carbocycles. The van der Waals surface area contributed by atoms with Crippen molar-refractivity contribution in [1.82, 2.24) is 14.8 Å². The molecule has 9 heteroatoms. The number of nitrogens with one attached hydrogen (secondary N) is 1. The SMILES string of the molecule is CCOCCCN1CC(=O)N2C(c3cccc(N([O-])O)c3)c3[nH]c4ccccc4c3C[C@H]2C1=O. The zero-order valence-corrected chi connectivity index (χ0v) is 18.9. The fraction of sp³-hybridized carbons (Fsp3) is 0.360. The fourth-order valence-electron chi connectivity index (χ4n) is 5.17. The van der Waals surface area contributed by atoms with Gasteiger partial charge in [0.15, 0.2) is 0 Å². The molecule has 2 aliphatic rings. The highest BCUT2D eigenvalue weighted by Gasteiger charge is 2.48. The van der Waals surface area contributed by atoms with E-state index in [1.165, 1.54) is 6.07 Å². The van der Waals surface area contributed by atoms with Gasteiger partial charge in [-0.3, -0.25) is 14.8 Å². The maximum Gasteiger partial charge on any atom is 0.246 e. The van der Waals surface area contributed by atoms with Gasteiger partial charge in [-0.05, 0) is 42.7 Å². The molecule has 1 unspecified atom stereocenters. The second kappa shape index (κ2) is 9.09. The van der Waals surface area contributed by atoms with Crippen molar-refractivity contribution in [2.75, 3.05) is 31.5 Å². The number of H-pyrrole nitrogens is 1. The Morgan fingerprint density at radius 1 is 1.21 bits per heavy atom. The van der Waals surface area contributed by atoms with E-state index in [-0.39, 0.29) is 29.3 Å². The van der Waals surface area contributed by atoms with Crippen LogP contribution in [-0.2, 0) is 20.7 Å². The zero-order valence-electron chi connectivity index (χ0n) is 18.9. The topological polar surface area (TPSA) is 112 Å². The smallest absolute Gasteiger partial charge is 0.246 e. The molecule has 9 nitrogen and oxygen atoms in total. The Morgan fingerprint density at radius 3 is 2.82 bits per heavy atom. The second-order valence-electron chi connectivity index (χ2n) is 8.66. The van der Waals surface area contributed by atoms with Crippen molar-refractivity contribution < 1.29 is 19.5 Å². The number of amides is 2. The van der Waals surface area contributed by atoms with Gasteiger partial charge in [0.05, 0.1) is 18.3 Å². The molecule has 3 heterocycles. The highest BCUT2D eigenvalue weighted by Crippen LogP contribution is 2.43. The molecular weight excluding hydrogens is 436 g/mol. The van der Waals surface area contributed by atoms with Gasteiger partial charge in [-0.25, -0.2) is 0 Å². The van der Waals surface area contributed by atoms with E-state index >= 15 is 0 Å². The number of hydrogen-bond acceptors (Lipinski definition) is 6. The third kappa shape index (κ3) is 3.81. The first-order chi connectivity index (χ1) is 16.5. The molecule has 2 aliphatic heterocycles. The first-order valence-electron chi connectivity index (χ1n) is 11.5. The number of para-hydroxylation sites is 1. The monoisotopic (exact) mass is 463 g/mol. The average molecular weight is 464 g/mol. The quantitative estimate of drug-likeness (QED) is 0.412. The largest absolute Gasteiger partial charge is 0.733 e. The molecule has 2 amide bonds. The summed E-state index contributed by atoms with van der Waals surface area (Å²) in [5, 5.41) is 21.8. The molecule has 3 aromatic rings. The first-order valence-corrected chi connectivity index (χ1v) is 11.5. The third-order valence-electron chi connectivity index (χ3n) is 6.67. The lowest BCUT2D eigenvalue weighted by Crippen LogP contribution is -2.63. The van der Waals surface area contributed by atoms with Gasteiger partial charge in [-0.15, -0.1) is 0 Å². The first kappa shape index (κ1) is 22.4. The van der Waals surface area contributed by atoms with Crippen molar-refractivity contribution in [2.45, 2.75) is 31.8 Å². The van der Waals surface area contributed by atoms with E-state index < -0.39 is 12.1 Å². The number of hydrogen-bond donors (Lipinski definition) is 2. The summed E-state index contributed by atoms with van der Waals surface area (Å²) in [6, 6.07) is 13.2. The van der Waals surface area contributed by atoms with E-state index in [1.54, 1.807) is 21.9 Å². The Morgan fingerprint density at radius 2 is 2.03 bits per heavy atom. The summed E-state index contributed by atoms with van der Waals surface area (Å²) < 4.78 is 5.40. The summed E-state index contributed by atoms with van der Waals surface area (Å²) in [5.41, 5.74) is 3.46. The number of benzene rings is 2. The van der Waals surface area contributed by atoms with Crippen LogP contribution in [0, 0.1) is 5.21 Å². The number of rotatable bonds is 7. The van der Waals surface area contributed by atoms with E-state index in [0.29, 0.717) is 38.2 Å². The second-order valence-corrected chi connectivity index (χ2v) is 8.66. The molecule has 0 bridgehead atoms. The van der Waals surface area contributed by atoms with Crippen LogP contribution >= 0.6 is 0 Å². The molecule has 2 atom stereocenters. The average Bonchev–Trinajstić information content (AvgIpc) is 3.22. The van der Waals surface area contributed by atoms with Crippen LogP contribution in [0.4, 0.5) is 5.69 Å². The van der Waals surface area contributed by atoms with Crippen molar-refractivity contribution in [1.29, 1.82) is 0 Å². The Labute approximate surface area is 197 Å². The molecule has 1 aromatic heterocycles. The van der Waals surface area contributed by atoms with E-state index in [2.05, 4.69) is 4.98 Å². The number of carbonyl (C=O) groups excluding carboxylic acids is 2. The summed E-state index contributed by atoms with van der Waals surface area (Å²) >= 11 is 0. The van der Waals surface area contributed by atoms with Gasteiger partial charge < -0.3 is 30.0 Å². The highest BCUT2D eigenvalue weighted by atomic mass is 16.8. The Kier molecular flexibility index (Phi) is 5.99. The van der Waals surface area contributed by atoms with E-state index in [9.17, 15) is 20.0 Å². The van der Waals surface area contributed by atoms with Gasteiger partial charge >= 0.3 is 0 Å². The minimum Gasteiger partial charge on any atom is -0.733 e. The Balaban J connectivity index is 1.58. The van der Waals surface area contributed by atoms with Crippen LogP contribution in [-0.4, -0.2) is 64.2 Å². The molecule has 0 aliphatic carbocycles. The van der Waals surface area contributed by atoms with Gasteiger partial charge in [-0.1, -0.05) is 30.3 Å². The van der Waals surface area contributed by atoms with E-state index in [0.717, 1.165) is 22.2 Å². The normalized spacial score (nSPS) is 20.0. The molecular formula is C25H27N4O5-. The molecule has 5 rings (SSSR count). The number of anilines is 1. The van der Waals surface area contributed by atoms with Crippen LogP contribution in [0.2, 0.25) is 0 Å². The molecule has 2 N–H and O–H groups in total. The molecule has 0 radical (unpaired) electrons. The van der Waals surface area contributed by atoms with Crippen molar-refractivity contribution in [3.63, 3.8) is 0 Å². The molecule has 0 spiro atoms. The minimum absolute atomic E-state index is 0.000884. The van der Waals surface area contributed by atoms with Crippen LogP contribution in [0.15, 0.2) is 48.5 Å². The Bertz CT molecular complexity index is 1220. The minimum atomic E-state index is -0.647. The van der Waals surface area contributed by atoms with Crippen molar-refractivity contribution in [3.8, 4) is 0 Å². The maximum atomic E-state index is 13.6. The molecule has 34 heavy (non-hydrogen) atoms. The summed E-state index contributed by atoms with van der Waals surface area (Å²) in [7, 11) is 0. The summed E-state index contributed by atoms with van der Waals surface area (Å²) in [5.74, 6) is -0.232. The van der Waals surface area contributed by atoms with Crippen molar-refractivity contribution >= 4 is 28.4 Å². The summed E-state index contributed by atoms with van der Waals surface area (Å²) in [4.78, 5) is 33.8. The van der Waals surface area contributed by atoms with Crippen LogP contribution in [0.5, 0.6) is 0 Å². The summed E-state index contributed by atoms with van der Waals surface area (Å²) in [6.07, 6.45) is 1.08. The lowest BCUT2D eigenvalue weighted by atomic mass is 9.86. The Hall–Kier alpha value is -3.40. The number of fused-ring (bicyclic) bond motifs is 4. The highest BCUT2D eigenvalue weighted by molar-refractivity contribution is 5.97. The van der Waals surface area contributed by atoms with Crippen molar-refractivity contribution in [2.24, 2.45) is 0 Å². The third-order valence-corrected chi connectivity index (χ3v) is 6.67. The predicted molar refractivity (Wildman–Crippen MR) is 126 cm³/mol. The molecule has 178 valence electrons. The van der Waals surface area contributed by atoms with Gasteiger partial charge in [0.25, 0.3) is 0 Å². The van der Waals surface area contributed by atoms with E-state index in [1.807, 2.05) is 37.3 Å². The van der Waals surface area contributed by atoms with Gasteiger partial charge in [-0.2, -0.15) is 0 Å². The fourth-order valence-corrected chi connectivity index (χ4v) is 5.17. The maximum absolute atomic E-state index is 13.6. The van der Waals surface area contributed by atoms with Gasteiger partial charge in [0.2, 0.25) is 11.8 Å². The van der Waals surface area contributed by atoms with Crippen LogP contribution < -0.4 is 5.23 Å². The zero-order chi connectivity index (χ0) is 23.8. The van der Waals surface area contributed by atoms with Crippen LogP contribution in [0.1, 0.15) is 36.2 Å². The predicted octanol–water partition coefficient (Wildman–Crippen LogP) is 2.97. The van der Waals surface area contributed by atoms with E-state index in [4.69, 9.17) is 4.74 Å². The lowest BCUT2D eigenvalue weighted by Gasteiger charge is -2.47. The standard InChI is InChI=1S/C25H27N4O5/c1-2-34-12-6-11-27-15-22(30)28-21(25(27)31)14-19-18-9-3-4-10-20(18)26-23(19)24(28)16-7-5-8-17(13-16)29(32)33/h3-5,7-10,13,21,24,26,32H,2,6,11-12,14-15H2,1H3/q-1/t21-,24?/m0/s1. The molecule has 1 fully saturated rings. The van der Waals surface area contributed by atoms with Gasteiger partial charge in [0.1, 0.15) is 6.04 Å². The molecule has 2 aromatic carbocycles. The number of ether oxygens (including phenoxy) is 1. The number of piperazine rings is 1. The van der Waals surface area contributed by atoms with Crippen LogP contribution in [0.3, 0.4) is 0 Å². The summed E-state index contributed by atoms with van der Waals surface area (Å²) in [6.45, 7) is 3.54. The van der Waals surface area contributed by atoms with Gasteiger partial charge in [0, 0.05) is 42.8 Å². The number of aromatic amines is 1. The lowest BCUT2D eigenvalue weighted by molar-refractivity contribution is -0.158. The number of nitrogens with zero attached hydrogens (tertiary/aromatic N) is 3. The number of carbonyl (C=O) groups is 2. The molecule has 1 saturated heterocycles.